The van der Waals surface area contributed by atoms with E-state index < -0.39 is 4.32 Å². The maximum Gasteiger partial charge on any atom is 0.238 e. The molecule has 0 aliphatic carbocycles. The minimum absolute atomic E-state index is 0.104. The molecule has 1 saturated heterocycles. The third-order valence-corrected chi connectivity index (χ3v) is 2.35. The molecule has 0 aromatic carbocycles. The number of aliphatic hydroxyl groups is 1. The summed E-state index contributed by atoms with van der Waals surface area (Å²) >= 11 is 3.31. The first-order valence-corrected chi connectivity index (χ1v) is 4.83. The van der Waals surface area contributed by atoms with Crippen molar-refractivity contribution in [3.8, 4) is 0 Å². The highest BCUT2D eigenvalue weighted by atomic mass is 79.9. The molecular formula is C8H14BrNO2. The Morgan fingerprint density at radius 3 is 2.50 bits per heavy atom. The SMILES string of the molecule is CC(C)(Br)C(=O)N1CC(CO)C1. The fourth-order valence-electron chi connectivity index (χ4n) is 1.23. The summed E-state index contributed by atoms with van der Waals surface area (Å²) < 4.78 is -0.465. The number of likely N-dealkylation sites (tertiary alicyclic amines) is 1. The molecule has 0 spiro atoms. The van der Waals surface area contributed by atoms with E-state index >= 15 is 0 Å². The molecule has 70 valence electrons. The third kappa shape index (κ3) is 1.98. The largest absolute Gasteiger partial charge is 0.396 e. The van der Waals surface area contributed by atoms with Gasteiger partial charge in [-0.3, -0.25) is 4.79 Å². The van der Waals surface area contributed by atoms with Crippen LogP contribution in [0, 0.1) is 5.92 Å². The van der Waals surface area contributed by atoms with E-state index in [2.05, 4.69) is 15.9 Å². The van der Waals surface area contributed by atoms with Gasteiger partial charge in [0, 0.05) is 25.6 Å². The summed E-state index contributed by atoms with van der Waals surface area (Å²) in [5.41, 5.74) is 0. The van der Waals surface area contributed by atoms with E-state index in [1.54, 1.807) is 4.90 Å². The van der Waals surface area contributed by atoms with Gasteiger partial charge in [-0.2, -0.15) is 0 Å². The third-order valence-electron chi connectivity index (χ3n) is 2.01. The Bertz CT molecular complexity index is 182. The molecule has 0 aromatic rings. The van der Waals surface area contributed by atoms with Gasteiger partial charge in [0.05, 0.1) is 4.32 Å². The Morgan fingerprint density at radius 1 is 1.67 bits per heavy atom. The summed E-state index contributed by atoms with van der Waals surface area (Å²) in [6, 6.07) is 0. The summed E-state index contributed by atoms with van der Waals surface area (Å²) in [5.74, 6) is 0.399. The lowest BCUT2D eigenvalue weighted by molar-refractivity contribution is -0.140. The molecule has 0 aromatic heterocycles. The fraction of sp³-hybridized carbons (Fsp3) is 0.875. The number of nitrogens with zero attached hydrogens (tertiary/aromatic N) is 1. The quantitative estimate of drug-likeness (QED) is 0.713. The molecule has 1 heterocycles. The topological polar surface area (TPSA) is 40.5 Å². The average Bonchev–Trinajstić information content (AvgIpc) is 1.83. The number of carbonyl (C=O) groups excluding carboxylic acids is 1. The van der Waals surface area contributed by atoms with Crippen LogP contribution in [0.15, 0.2) is 0 Å². The van der Waals surface area contributed by atoms with Crippen LogP contribution in [-0.2, 0) is 4.79 Å². The molecule has 1 amide bonds. The van der Waals surface area contributed by atoms with Crippen molar-refractivity contribution >= 4 is 21.8 Å². The number of aliphatic hydroxyl groups excluding tert-OH is 1. The van der Waals surface area contributed by atoms with E-state index in [-0.39, 0.29) is 12.5 Å². The minimum Gasteiger partial charge on any atom is -0.396 e. The van der Waals surface area contributed by atoms with Gasteiger partial charge in [0.2, 0.25) is 5.91 Å². The molecule has 4 heteroatoms. The molecular weight excluding hydrogens is 222 g/mol. The predicted molar refractivity (Wildman–Crippen MR) is 50.2 cm³/mol. The number of rotatable bonds is 2. The van der Waals surface area contributed by atoms with Crippen molar-refractivity contribution in [3.63, 3.8) is 0 Å². The second-order valence-electron chi connectivity index (χ2n) is 3.73. The van der Waals surface area contributed by atoms with E-state index in [1.165, 1.54) is 0 Å². The monoisotopic (exact) mass is 235 g/mol. The van der Waals surface area contributed by atoms with E-state index in [0.29, 0.717) is 19.0 Å². The van der Waals surface area contributed by atoms with Crippen molar-refractivity contribution in [2.45, 2.75) is 18.2 Å². The summed E-state index contributed by atoms with van der Waals surface area (Å²) in [6.07, 6.45) is 0. The Morgan fingerprint density at radius 2 is 2.17 bits per heavy atom. The van der Waals surface area contributed by atoms with E-state index in [4.69, 9.17) is 5.11 Å². The maximum absolute atomic E-state index is 11.5. The highest BCUT2D eigenvalue weighted by Gasteiger charge is 2.36. The lowest BCUT2D eigenvalue weighted by Gasteiger charge is -2.41. The summed E-state index contributed by atoms with van der Waals surface area (Å²) in [5, 5.41) is 8.74. The standard InChI is InChI=1S/C8H14BrNO2/c1-8(2,9)7(12)10-3-6(4-10)5-11/h6,11H,3-5H2,1-2H3. The molecule has 0 atom stereocenters. The number of carbonyl (C=O) groups is 1. The molecule has 1 aliphatic rings. The molecule has 0 radical (unpaired) electrons. The molecule has 1 N–H and O–H groups in total. The van der Waals surface area contributed by atoms with Crippen LogP contribution in [-0.4, -0.2) is 39.9 Å². The number of hydrogen-bond acceptors (Lipinski definition) is 2. The van der Waals surface area contributed by atoms with E-state index in [0.717, 1.165) is 0 Å². The maximum atomic E-state index is 11.5. The van der Waals surface area contributed by atoms with Crippen LogP contribution < -0.4 is 0 Å². The van der Waals surface area contributed by atoms with Gasteiger partial charge in [-0.15, -0.1) is 0 Å². The highest BCUT2D eigenvalue weighted by Crippen LogP contribution is 2.24. The van der Waals surface area contributed by atoms with Crippen LogP contribution in [0.2, 0.25) is 0 Å². The highest BCUT2D eigenvalue weighted by molar-refractivity contribution is 9.10. The van der Waals surface area contributed by atoms with Crippen LogP contribution in [0.5, 0.6) is 0 Å². The van der Waals surface area contributed by atoms with Gasteiger partial charge in [-0.1, -0.05) is 15.9 Å². The molecule has 1 fully saturated rings. The van der Waals surface area contributed by atoms with Crippen molar-refractivity contribution in [3.05, 3.63) is 0 Å². The number of alkyl halides is 1. The van der Waals surface area contributed by atoms with Gasteiger partial charge in [0.15, 0.2) is 0 Å². The summed E-state index contributed by atoms with van der Waals surface area (Å²) in [4.78, 5) is 13.3. The van der Waals surface area contributed by atoms with Crippen molar-refractivity contribution < 1.29 is 9.90 Å². The first kappa shape index (κ1) is 9.99. The van der Waals surface area contributed by atoms with Crippen LogP contribution in [0.25, 0.3) is 0 Å². The van der Waals surface area contributed by atoms with Gasteiger partial charge in [0.1, 0.15) is 0 Å². The first-order chi connectivity index (χ1) is 5.45. The van der Waals surface area contributed by atoms with Gasteiger partial charge >= 0.3 is 0 Å². The first-order valence-electron chi connectivity index (χ1n) is 4.04. The van der Waals surface area contributed by atoms with Gasteiger partial charge in [-0.25, -0.2) is 0 Å². The number of hydrogen-bond donors (Lipinski definition) is 1. The molecule has 0 bridgehead atoms. The van der Waals surface area contributed by atoms with Gasteiger partial charge in [0.25, 0.3) is 0 Å². The van der Waals surface area contributed by atoms with Crippen LogP contribution in [0.4, 0.5) is 0 Å². The molecule has 1 rings (SSSR count). The zero-order chi connectivity index (χ0) is 9.35. The Balaban J connectivity index is 2.39. The minimum atomic E-state index is -0.465. The fourth-order valence-corrected chi connectivity index (χ4v) is 1.48. The Hall–Kier alpha value is -0.0900. The van der Waals surface area contributed by atoms with Crippen LogP contribution in [0.1, 0.15) is 13.8 Å². The lowest BCUT2D eigenvalue weighted by Crippen LogP contribution is -2.55. The van der Waals surface area contributed by atoms with Crippen molar-refractivity contribution in [2.24, 2.45) is 5.92 Å². The van der Waals surface area contributed by atoms with Crippen molar-refractivity contribution in [1.82, 2.24) is 4.90 Å². The smallest absolute Gasteiger partial charge is 0.238 e. The van der Waals surface area contributed by atoms with Crippen LogP contribution >= 0.6 is 15.9 Å². The molecule has 3 nitrogen and oxygen atoms in total. The number of halogens is 1. The zero-order valence-electron chi connectivity index (χ0n) is 7.38. The normalized spacial score (nSPS) is 19.2. The number of amides is 1. The van der Waals surface area contributed by atoms with Crippen molar-refractivity contribution in [1.29, 1.82) is 0 Å². The van der Waals surface area contributed by atoms with Crippen LogP contribution in [0.3, 0.4) is 0 Å². The summed E-state index contributed by atoms with van der Waals surface area (Å²) in [6.45, 7) is 5.25. The molecule has 12 heavy (non-hydrogen) atoms. The molecule has 1 aliphatic heterocycles. The average molecular weight is 236 g/mol. The lowest BCUT2D eigenvalue weighted by atomic mass is 9.99. The summed E-state index contributed by atoms with van der Waals surface area (Å²) in [7, 11) is 0. The second kappa shape index (κ2) is 3.34. The van der Waals surface area contributed by atoms with E-state index in [9.17, 15) is 4.79 Å². The molecule has 0 unspecified atom stereocenters. The van der Waals surface area contributed by atoms with Gasteiger partial charge < -0.3 is 10.0 Å². The predicted octanol–water partition coefficient (Wildman–Crippen LogP) is 0.611. The second-order valence-corrected chi connectivity index (χ2v) is 5.71. The van der Waals surface area contributed by atoms with Crippen molar-refractivity contribution in [2.75, 3.05) is 19.7 Å². The van der Waals surface area contributed by atoms with E-state index in [1.807, 2.05) is 13.8 Å². The molecule has 0 saturated carbocycles. The Kier molecular flexibility index (Phi) is 2.78. The van der Waals surface area contributed by atoms with Gasteiger partial charge in [-0.05, 0) is 13.8 Å². The Labute approximate surface area is 80.9 Å². The zero-order valence-corrected chi connectivity index (χ0v) is 8.97.